The SMILES string of the molecule is Cc1ccc2c3cc(-c4ccccc4)ccc3n3c4cc(-c5ccccc5)cc5cc[n+](C)c(c1c23)c54. The predicted molar refractivity (Wildman–Crippen MR) is 155 cm³/mol. The van der Waals surface area contributed by atoms with Crippen LogP contribution in [0.5, 0.6) is 0 Å². The number of nitrogens with zero attached hydrogens (tertiary/aromatic N) is 2. The molecule has 0 unspecified atom stereocenters. The molecule has 0 aliphatic rings. The zero-order chi connectivity index (χ0) is 24.7. The van der Waals surface area contributed by atoms with E-state index in [1.807, 2.05) is 0 Å². The molecule has 0 aliphatic heterocycles. The molecule has 5 aromatic carbocycles. The molecule has 174 valence electrons. The monoisotopic (exact) mass is 473 g/mol. The molecule has 0 spiro atoms. The molecule has 0 N–H and O–H groups in total. The Morgan fingerprint density at radius 1 is 0.568 bits per heavy atom. The second-order valence-corrected chi connectivity index (χ2v) is 10.2. The average Bonchev–Trinajstić information content (AvgIpc) is 3.28. The first kappa shape index (κ1) is 20.5. The molecule has 0 amide bonds. The smallest absolute Gasteiger partial charge is 0.224 e. The van der Waals surface area contributed by atoms with Gasteiger partial charge in [-0.15, -0.1) is 0 Å². The number of benzene rings is 5. The number of aryl methyl sites for hydroxylation is 2. The first-order valence-corrected chi connectivity index (χ1v) is 12.8. The zero-order valence-electron chi connectivity index (χ0n) is 20.9. The lowest BCUT2D eigenvalue weighted by atomic mass is 9.96. The lowest BCUT2D eigenvalue weighted by Gasteiger charge is -2.14. The van der Waals surface area contributed by atoms with Gasteiger partial charge < -0.3 is 4.40 Å². The molecule has 2 heteroatoms. The summed E-state index contributed by atoms with van der Waals surface area (Å²) in [4.78, 5) is 0. The predicted octanol–water partition coefficient (Wildman–Crippen LogP) is 8.46. The van der Waals surface area contributed by atoms with Gasteiger partial charge in [-0.2, -0.15) is 0 Å². The number of aromatic nitrogens is 2. The van der Waals surface area contributed by atoms with E-state index in [0.29, 0.717) is 0 Å². The van der Waals surface area contributed by atoms with Crippen LogP contribution in [0, 0.1) is 6.92 Å². The largest absolute Gasteiger partial charge is 0.307 e. The fourth-order valence-electron chi connectivity index (χ4n) is 6.32. The Hall–Kier alpha value is -4.69. The van der Waals surface area contributed by atoms with Crippen molar-refractivity contribution < 1.29 is 4.57 Å². The Balaban J connectivity index is 1.62. The highest BCUT2D eigenvalue weighted by atomic mass is 15.0. The second kappa shape index (κ2) is 7.41. The molecule has 0 radical (unpaired) electrons. The number of hydrogen-bond acceptors (Lipinski definition) is 0. The Labute approximate surface area is 215 Å². The van der Waals surface area contributed by atoms with E-state index in [1.165, 1.54) is 76.8 Å². The summed E-state index contributed by atoms with van der Waals surface area (Å²) in [5.41, 5.74) is 11.4. The third-order valence-corrected chi connectivity index (χ3v) is 8.04. The van der Waals surface area contributed by atoms with Gasteiger partial charge >= 0.3 is 0 Å². The summed E-state index contributed by atoms with van der Waals surface area (Å²) in [7, 11) is 2.17. The number of hydrogen-bond donors (Lipinski definition) is 0. The van der Waals surface area contributed by atoms with Crippen LogP contribution in [-0.4, -0.2) is 4.40 Å². The summed E-state index contributed by atoms with van der Waals surface area (Å²) in [5.74, 6) is 0. The first-order valence-electron chi connectivity index (χ1n) is 12.8. The lowest BCUT2D eigenvalue weighted by molar-refractivity contribution is -0.643. The van der Waals surface area contributed by atoms with E-state index >= 15 is 0 Å². The van der Waals surface area contributed by atoms with Gasteiger partial charge in [0, 0.05) is 16.8 Å². The highest BCUT2D eigenvalue weighted by molar-refractivity contribution is 6.26. The van der Waals surface area contributed by atoms with Crippen LogP contribution in [0.3, 0.4) is 0 Å². The van der Waals surface area contributed by atoms with Crippen molar-refractivity contribution in [2.75, 3.05) is 0 Å². The van der Waals surface area contributed by atoms with Gasteiger partial charge in [-0.05, 0) is 64.4 Å². The summed E-state index contributed by atoms with van der Waals surface area (Å²) < 4.78 is 4.82. The van der Waals surface area contributed by atoms with Crippen LogP contribution in [0.4, 0.5) is 0 Å². The third kappa shape index (κ3) is 2.78. The third-order valence-electron chi connectivity index (χ3n) is 8.04. The minimum atomic E-state index is 1.24. The molecule has 0 fully saturated rings. The number of rotatable bonds is 2. The Kier molecular flexibility index (Phi) is 4.10. The normalized spacial score (nSPS) is 12.1. The topological polar surface area (TPSA) is 8.29 Å². The van der Waals surface area contributed by atoms with Crippen LogP contribution in [0.25, 0.3) is 71.3 Å². The van der Waals surface area contributed by atoms with E-state index in [4.69, 9.17) is 0 Å². The molecule has 0 atom stereocenters. The van der Waals surface area contributed by atoms with Crippen LogP contribution in [0.15, 0.2) is 115 Å². The van der Waals surface area contributed by atoms with E-state index in [9.17, 15) is 0 Å². The Morgan fingerprint density at radius 3 is 2.05 bits per heavy atom. The first-order chi connectivity index (χ1) is 18.2. The van der Waals surface area contributed by atoms with Gasteiger partial charge in [-0.25, -0.2) is 4.57 Å². The fourth-order valence-corrected chi connectivity index (χ4v) is 6.32. The highest BCUT2D eigenvalue weighted by Crippen LogP contribution is 2.42. The summed E-state index contributed by atoms with van der Waals surface area (Å²) in [6.45, 7) is 2.24. The van der Waals surface area contributed by atoms with Gasteiger partial charge in [-0.3, -0.25) is 0 Å². The van der Waals surface area contributed by atoms with Crippen LogP contribution >= 0.6 is 0 Å². The standard InChI is InChI=1S/C35H25N2/c1-22-13-15-28-29-20-25(23-9-5-3-6-10-23)14-16-30(29)37-31-21-27(24-11-7-4-8-12-24)19-26-17-18-36(2)35(33(26)31)32(22)34(28)37/h3-21H,1-2H3/q+1. The molecule has 3 aromatic heterocycles. The summed E-state index contributed by atoms with van der Waals surface area (Å²) in [5, 5.41) is 6.53. The summed E-state index contributed by atoms with van der Waals surface area (Å²) >= 11 is 0. The van der Waals surface area contributed by atoms with Crippen molar-refractivity contribution >= 4 is 49.0 Å². The molecule has 8 rings (SSSR count). The fraction of sp³-hybridized carbons (Fsp3) is 0.0571. The maximum Gasteiger partial charge on any atom is 0.224 e. The Bertz CT molecular complexity index is 2130. The molecule has 0 aliphatic carbocycles. The van der Waals surface area contributed by atoms with E-state index in [-0.39, 0.29) is 0 Å². The lowest BCUT2D eigenvalue weighted by Crippen LogP contribution is -2.28. The van der Waals surface area contributed by atoms with E-state index in [1.54, 1.807) is 0 Å². The minimum absolute atomic E-state index is 1.24. The maximum absolute atomic E-state index is 2.52. The average molecular weight is 474 g/mol. The number of pyridine rings is 2. The van der Waals surface area contributed by atoms with Crippen LogP contribution in [0.2, 0.25) is 0 Å². The van der Waals surface area contributed by atoms with Gasteiger partial charge in [-0.1, -0.05) is 78.9 Å². The molecular formula is C35H25N2+. The van der Waals surface area contributed by atoms with Crippen molar-refractivity contribution in [3.8, 4) is 22.3 Å². The van der Waals surface area contributed by atoms with Crippen LogP contribution in [-0.2, 0) is 7.05 Å². The number of fused-ring (bicyclic) bond motifs is 5. The molecule has 0 saturated heterocycles. The van der Waals surface area contributed by atoms with Gasteiger partial charge in [0.05, 0.1) is 27.3 Å². The van der Waals surface area contributed by atoms with Gasteiger partial charge in [0.25, 0.3) is 0 Å². The summed E-state index contributed by atoms with van der Waals surface area (Å²) in [6, 6.07) is 40.0. The van der Waals surface area contributed by atoms with Crippen molar-refractivity contribution in [3.05, 3.63) is 121 Å². The van der Waals surface area contributed by atoms with Crippen molar-refractivity contribution in [2.45, 2.75) is 6.92 Å². The van der Waals surface area contributed by atoms with Crippen molar-refractivity contribution in [1.82, 2.24) is 4.40 Å². The highest BCUT2D eigenvalue weighted by Gasteiger charge is 2.24. The van der Waals surface area contributed by atoms with E-state index in [0.717, 1.165) is 0 Å². The quantitative estimate of drug-likeness (QED) is 0.135. The second-order valence-electron chi connectivity index (χ2n) is 10.2. The molecule has 37 heavy (non-hydrogen) atoms. The van der Waals surface area contributed by atoms with Crippen molar-refractivity contribution in [3.63, 3.8) is 0 Å². The van der Waals surface area contributed by atoms with E-state index in [2.05, 4.69) is 138 Å². The van der Waals surface area contributed by atoms with Crippen molar-refractivity contribution in [1.29, 1.82) is 0 Å². The zero-order valence-corrected chi connectivity index (χ0v) is 20.9. The molecule has 0 bridgehead atoms. The molecule has 0 saturated carbocycles. The van der Waals surface area contributed by atoms with Crippen LogP contribution < -0.4 is 4.57 Å². The van der Waals surface area contributed by atoms with Gasteiger partial charge in [0.2, 0.25) is 5.52 Å². The summed E-state index contributed by atoms with van der Waals surface area (Å²) in [6.07, 6.45) is 2.21. The molecular weight excluding hydrogens is 448 g/mol. The van der Waals surface area contributed by atoms with Gasteiger partial charge in [0.1, 0.15) is 7.05 Å². The maximum atomic E-state index is 2.52. The Morgan fingerprint density at radius 2 is 1.30 bits per heavy atom. The molecule has 3 heterocycles. The minimum Gasteiger partial charge on any atom is -0.307 e. The molecule has 2 nitrogen and oxygen atoms in total. The molecule has 8 aromatic rings. The van der Waals surface area contributed by atoms with E-state index < -0.39 is 0 Å². The van der Waals surface area contributed by atoms with Gasteiger partial charge in [0.15, 0.2) is 6.20 Å². The van der Waals surface area contributed by atoms with Crippen molar-refractivity contribution in [2.24, 2.45) is 7.05 Å². The van der Waals surface area contributed by atoms with Crippen LogP contribution in [0.1, 0.15) is 5.56 Å².